The molecule has 0 bridgehead atoms. The molecular weight excluding hydrogens is 836 g/mol. The fourth-order valence-electron chi connectivity index (χ4n) is 8.81. The van der Waals surface area contributed by atoms with E-state index in [0.717, 1.165) is 61.2 Å². The van der Waals surface area contributed by atoms with Crippen molar-refractivity contribution in [1.29, 1.82) is 0 Å². The minimum absolute atomic E-state index is 0.0315. The molecule has 0 saturated carbocycles. The number of aromatic amines is 1. The first-order chi connectivity index (χ1) is 31.4. The lowest BCUT2D eigenvalue weighted by atomic mass is 10.0. The smallest absolute Gasteiger partial charge is 0.272 e. The number of hydrogen-bond acceptors (Lipinski definition) is 10. The lowest BCUT2D eigenvalue weighted by Crippen LogP contribution is -2.54. The molecule has 7 amide bonds. The van der Waals surface area contributed by atoms with Gasteiger partial charge in [0.25, 0.3) is 29.2 Å². The molecule has 4 aromatic rings. The van der Waals surface area contributed by atoms with Gasteiger partial charge in [0.15, 0.2) is 0 Å². The van der Waals surface area contributed by atoms with Gasteiger partial charge in [-0.05, 0) is 55.2 Å². The molecule has 0 radical (unpaired) electrons. The van der Waals surface area contributed by atoms with E-state index >= 15 is 0 Å². The van der Waals surface area contributed by atoms with E-state index in [2.05, 4.69) is 20.8 Å². The molecule has 17 heteroatoms. The number of nitrogens with one attached hydrogen (secondary N) is 3. The Morgan fingerprint density at radius 1 is 0.769 bits per heavy atom. The van der Waals surface area contributed by atoms with Crippen molar-refractivity contribution in [1.82, 2.24) is 35.1 Å². The topological polar surface area (TPSA) is 202 Å². The molecular formula is C48H55FN8O8. The van der Waals surface area contributed by atoms with E-state index in [0.29, 0.717) is 86.2 Å². The van der Waals surface area contributed by atoms with Crippen LogP contribution < -0.4 is 16.2 Å². The van der Waals surface area contributed by atoms with E-state index in [4.69, 9.17) is 0 Å². The molecule has 1 unspecified atom stereocenters. The summed E-state index contributed by atoms with van der Waals surface area (Å²) < 4.78 is 14.9. The average Bonchev–Trinajstić information content (AvgIpc) is 3.57. The number of likely N-dealkylation sites (tertiary alicyclic amines) is 1. The molecule has 3 aromatic carbocycles. The summed E-state index contributed by atoms with van der Waals surface area (Å²) in [6.45, 7) is 2.06. The van der Waals surface area contributed by atoms with Crippen molar-refractivity contribution in [3.8, 4) is 0 Å². The van der Waals surface area contributed by atoms with Crippen LogP contribution in [0, 0.1) is 5.82 Å². The molecule has 2 fully saturated rings. The Kier molecular flexibility index (Phi) is 15.1. The first-order valence-electron chi connectivity index (χ1n) is 22.6. The number of benzene rings is 3. The standard InChI is InChI=1S/C48H55FN8O8/c1-54-41(59)22-21-39(47(54)64)57-46(63)34-15-12-16-37(43(34)48(57)65)50-23-24-51-40(58)17-8-6-4-2-3-5-7-9-18-42(60)55-25-27-56(28-26-55)45(62)35-29-31(19-20-36(35)49)30-38-32-13-10-11-14-33(32)44(61)53-52-38/h10-16,19-20,29,39,50H,2-9,17-18,21-28,30H2,1H3,(H,51,58)(H,53,61). The summed E-state index contributed by atoms with van der Waals surface area (Å²) in [6, 6.07) is 15.4. The van der Waals surface area contributed by atoms with Gasteiger partial charge >= 0.3 is 0 Å². The lowest BCUT2D eigenvalue weighted by molar-refractivity contribution is -0.149. The van der Waals surface area contributed by atoms with Crippen LogP contribution in [0.1, 0.15) is 119 Å². The second-order valence-corrected chi connectivity index (χ2v) is 16.9. The number of anilines is 1. The Morgan fingerprint density at radius 3 is 2.18 bits per heavy atom. The van der Waals surface area contributed by atoms with Crippen molar-refractivity contribution in [3.05, 3.63) is 105 Å². The number of hydrogen-bond donors (Lipinski definition) is 3. The normalized spacial score (nSPS) is 16.4. The van der Waals surface area contributed by atoms with Gasteiger partial charge in [-0.1, -0.05) is 68.9 Å². The van der Waals surface area contributed by atoms with Gasteiger partial charge < -0.3 is 20.4 Å². The Hall–Kier alpha value is -6.78. The average molecular weight is 891 g/mol. The van der Waals surface area contributed by atoms with Crippen LogP contribution in [-0.4, -0.2) is 124 Å². The molecule has 4 heterocycles. The Balaban J connectivity index is 0.719. The van der Waals surface area contributed by atoms with Crippen LogP contribution in [-0.2, 0) is 25.6 Å². The van der Waals surface area contributed by atoms with Crippen LogP contribution in [0.5, 0.6) is 0 Å². The maximum Gasteiger partial charge on any atom is 0.272 e. The molecule has 7 rings (SSSR count). The quantitative estimate of drug-likeness (QED) is 0.0867. The van der Waals surface area contributed by atoms with Crippen molar-refractivity contribution in [2.45, 2.75) is 89.5 Å². The molecule has 1 atom stereocenters. The highest BCUT2D eigenvalue weighted by molar-refractivity contribution is 6.25. The third-order valence-corrected chi connectivity index (χ3v) is 12.5. The number of likely N-dealkylation sites (N-methyl/N-ethyl adjacent to an activating group) is 1. The van der Waals surface area contributed by atoms with Gasteiger partial charge in [-0.2, -0.15) is 5.10 Å². The molecule has 65 heavy (non-hydrogen) atoms. The largest absolute Gasteiger partial charge is 0.383 e. The molecule has 2 saturated heterocycles. The highest BCUT2D eigenvalue weighted by Gasteiger charge is 2.47. The van der Waals surface area contributed by atoms with Crippen LogP contribution in [0.4, 0.5) is 10.1 Å². The number of carbonyl (C=O) groups is 7. The predicted octanol–water partition coefficient (Wildman–Crippen LogP) is 4.81. The third-order valence-electron chi connectivity index (χ3n) is 12.5. The van der Waals surface area contributed by atoms with Gasteiger partial charge in [-0.15, -0.1) is 0 Å². The summed E-state index contributed by atoms with van der Waals surface area (Å²) in [6.07, 6.45) is 8.84. The summed E-state index contributed by atoms with van der Waals surface area (Å²) in [5.74, 6) is -3.12. The van der Waals surface area contributed by atoms with Crippen LogP contribution in [0.15, 0.2) is 65.5 Å². The number of unbranched alkanes of at least 4 members (excludes halogenated alkanes) is 7. The first kappa shape index (κ1) is 46.2. The first-order valence-corrected chi connectivity index (χ1v) is 22.6. The number of aromatic nitrogens is 2. The van der Waals surface area contributed by atoms with Crippen LogP contribution in [0.25, 0.3) is 10.8 Å². The van der Waals surface area contributed by atoms with Crippen molar-refractivity contribution in [2.75, 3.05) is 51.6 Å². The Bertz CT molecular complexity index is 2540. The maximum atomic E-state index is 14.9. The van der Waals surface area contributed by atoms with E-state index in [1.165, 1.54) is 13.1 Å². The highest BCUT2D eigenvalue weighted by Crippen LogP contribution is 2.33. The zero-order valence-electron chi connectivity index (χ0n) is 36.7. The highest BCUT2D eigenvalue weighted by atomic mass is 19.1. The molecule has 3 aliphatic rings. The van der Waals surface area contributed by atoms with E-state index in [1.54, 1.807) is 52.3 Å². The zero-order chi connectivity index (χ0) is 46.0. The second kappa shape index (κ2) is 21.3. The minimum Gasteiger partial charge on any atom is -0.383 e. The van der Waals surface area contributed by atoms with Gasteiger partial charge in [0, 0.05) is 83.1 Å². The summed E-state index contributed by atoms with van der Waals surface area (Å²) in [5.41, 5.74) is 1.79. The third kappa shape index (κ3) is 10.8. The molecule has 16 nitrogen and oxygen atoms in total. The van der Waals surface area contributed by atoms with Crippen molar-refractivity contribution >= 4 is 57.8 Å². The van der Waals surface area contributed by atoms with Crippen LogP contribution in [0.3, 0.4) is 0 Å². The molecule has 0 spiro atoms. The predicted molar refractivity (Wildman–Crippen MR) is 239 cm³/mol. The minimum atomic E-state index is -1.03. The van der Waals surface area contributed by atoms with E-state index in [9.17, 15) is 42.7 Å². The number of fused-ring (bicyclic) bond motifs is 2. The van der Waals surface area contributed by atoms with Crippen molar-refractivity contribution in [3.63, 3.8) is 0 Å². The number of piperazine rings is 1. The maximum absolute atomic E-state index is 14.9. The molecule has 0 aliphatic carbocycles. The number of nitrogens with zero attached hydrogens (tertiary/aromatic N) is 5. The molecule has 3 aliphatic heterocycles. The number of amides is 7. The van der Waals surface area contributed by atoms with Crippen molar-refractivity contribution in [2.24, 2.45) is 0 Å². The number of imide groups is 2. The summed E-state index contributed by atoms with van der Waals surface area (Å²) in [5, 5.41) is 13.9. The van der Waals surface area contributed by atoms with Crippen LogP contribution in [0.2, 0.25) is 0 Å². The second-order valence-electron chi connectivity index (χ2n) is 16.9. The number of piperidine rings is 1. The summed E-state index contributed by atoms with van der Waals surface area (Å²) in [4.78, 5) is 107. The van der Waals surface area contributed by atoms with Gasteiger partial charge in [0.2, 0.25) is 17.7 Å². The number of H-pyrrole nitrogens is 1. The summed E-state index contributed by atoms with van der Waals surface area (Å²) in [7, 11) is 1.35. The van der Waals surface area contributed by atoms with Gasteiger partial charge in [0.1, 0.15) is 11.9 Å². The fourth-order valence-corrected chi connectivity index (χ4v) is 8.81. The van der Waals surface area contributed by atoms with Gasteiger partial charge in [-0.3, -0.25) is 48.2 Å². The molecule has 342 valence electrons. The van der Waals surface area contributed by atoms with Gasteiger partial charge in [0.05, 0.1) is 27.8 Å². The van der Waals surface area contributed by atoms with Gasteiger partial charge in [-0.25, -0.2) is 9.49 Å². The number of rotatable bonds is 19. The number of halogens is 1. The Labute approximate surface area is 375 Å². The number of carbonyl (C=O) groups excluding carboxylic acids is 7. The van der Waals surface area contributed by atoms with E-state index in [-0.39, 0.29) is 52.8 Å². The van der Waals surface area contributed by atoms with Crippen molar-refractivity contribution < 1.29 is 38.0 Å². The fraction of sp³-hybridized carbons (Fsp3) is 0.438. The van der Waals surface area contributed by atoms with Crippen LogP contribution >= 0.6 is 0 Å². The summed E-state index contributed by atoms with van der Waals surface area (Å²) >= 11 is 0. The van der Waals surface area contributed by atoms with E-state index in [1.807, 2.05) is 12.1 Å². The zero-order valence-corrected chi connectivity index (χ0v) is 36.7. The molecule has 3 N–H and O–H groups in total. The monoisotopic (exact) mass is 890 g/mol. The SMILES string of the molecule is CN1C(=O)CCC(N2C(=O)c3cccc(NCCNC(=O)CCCCCCCCCCC(=O)N4CCN(C(=O)c5cc(Cc6n[nH]c(=O)c7ccccc67)ccc5F)CC4)c3C2=O)C1=O. The molecule has 1 aromatic heterocycles. The van der Waals surface area contributed by atoms with E-state index < -0.39 is 35.5 Å². The Morgan fingerprint density at radius 2 is 1.45 bits per heavy atom. The lowest BCUT2D eigenvalue weighted by Gasteiger charge is -2.35.